The molecule has 0 radical (unpaired) electrons. The van der Waals surface area contributed by atoms with Crippen LogP contribution in [0, 0.1) is 23.2 Å². The third-order valence-corrected chi connectivity index (χ3v) is 8.19. The smallest absolute Gasteiger partial charge is 0.257 e. The van der Waals surface area contributed by atoms with Crippen molar-refractivity contribution in [3.05, 3.63) is 41.4 Å². The van der Waals surface area contributed by atoms with Gasteiger partial charge in [-0.3, -0.25) is 14.4 Å². The predicted octanol–water partition coefficient (Wildman–Crippen LogP) is 4.31. The summed E-state index contributed by atoms with van der Waals surface area (Å²) in [6.45, 7) is 4.13. The normalized spacial score (nSPS) is 34.5. The number of carbonyl (C=O) groups is 3. The van der Waals surface area contributed by atoms with Gasteiger partial charge < -0.3 is 4.90 Å². The van der Waals surface area contributed by atoms with Gasteiger partial charge in [0.15, 0.2) is 0 Å². The molecule has 0 aromatic heterocycles. The van der Waals surface area contributed by atoms with Crippen LogP contribution < -0.4 is 4.90 Å². The molecular weight excluding hydrogens is 444 g/mol. The molecule has 4 saturated carbocycles. The van der Waals surface area contributed by atoms with E-state index in [1.54, 1.807) is 23.1 Å². The van der Waals surface area contributed by atoms with Crippen LogP contribution in [0.5, 0.6) is 0 Å². The number of benzene rings is 1. The largest absolute Gasteiger partial charge is 0.326 e. The average molecular weight is 471 g/mol. The second-order valence-corrected chi connectivity index (χ2v) is 10.6. The Hall–Kier alpha value is -1.95. The summed E-state index contributed by atoms with van der Waals surface area (Å²) >= 11 is 3.38. The molecule has 5 fully saturated rings. The Kier molecular flexibility index (Phi) is 4.88. The topological polar surface area (TPSA) is 57.7 Å². The first-order chi connectivity index (χ1) is 14.4. The van der Waals surface area contributed by atoms with E-state index < -0.39 is 6.04 Å². The van der Waals surface area contributed by atoms with Crippen LogP contribution in [0.4, 0.5) is 5.69 Å². The van der Waals surface area contributed by atoms with Crippen LogP contribution in [-0.4, -0.2) is 35.2 Å². The molecule has 6 rings (SSSR count). The van der Waals surface area contributed by atoms with Gasteiger partial charge >= 0.3 is 0 Å². The maximum absolute atomic E-state index is 13.9. The van der Waals surface area contributed by atoms with Crippen molar-refractivity contribution in [2.75, 3.05) is 11.4 Å². The summed E-state index contributed by atoms with van der Waals surface area (Å²) in [4.78, 5) is 42.9. The Labute approximate surface area is 185 Å². The number of halogens is 1. The molecule has 0 spiro atoms. The number of amides is 3. The molecule has 158 valence electrons. The zero-order valence-corrected chi connectivity index (χ0v) is 18.6. The molecular formula is C24H27BrN2O3. The van der Waals surface area contributed by atoms with Gasteiger partial charge in [-0.1, -0.05) is 22.0 Å². The van der Waals surface area contributed by atoms with Crippen LogP contribution >= 0.6 is 15.9 Å². The average Bonchev–Trinajstić information content (AvgIpc) is 2.99. The van der Waals surface area contributed by atoms with Crippen molar-refractivity contribution >= 4 is 39.3 Å². The maximum atomic E-state index is 13.9. The number of carbonyl (C=O) groups excluding carboxylic acids is 3. The van der Waals surface area contributed by atoms with Crippen LogP contribution in [-0.2, 0) is 14.4 Å². The van der Waals surface area contributed by atoms with Gasteiger partial charge in [0.2, 0.25) is 11.8 Å². The van der Waals surface area contributed by atoms with E-state index in [1.165, 1.54) is 24.2 Å². The minimum Gasteiger partial charge on any atom is -0.326 e. The van der Waals surface area contributed by atoms with Gasteiger partial charge in [-0.2, -0.15) is 0 Å². The van der Waals surface area contributed by atoms with Crippen molar-refractivity contribution < 1.29 is 14.4 Å². The molecule has 5 aliphatic rings. The highest BCUT2D eigenvalue weighted by molar-refractivity contribution is 9.10. The zero-order chi connectivity index (χ0) is 21.0. The van der Waals surface area contributed by atoms with Gasteiger partial charge in [-0.05, 0) is 80.5 Å². The number of hydrogen-bond donors (Lipinski definition) is 0. The summed E-state index contributed by atoms with van der Waals surface area (Å²) in [5, 5.41) is 0. The lowest BCUT2D eigenvalue weighted by Gasteiger charge is -2.56. The number of hydrogen-bond acceptors (Lipinski definition) is 3. The molecule has 3 amide bonds. The molecule has 4 aliphatic carbocycles. The van der Waals surface area contributed by atoms with Crippen molar-refractivity contribution in [2.45, 2.75) is 51.0 Å². The second-order valence-electron chi connectivity index (χ2n) is 9.71. The summed E-state index contributed by atoms with van der Waals surface area (Å²) in [5.74, 6) is 1.45. The Balaban J connectivity index is 1.43. The highest BCUT2D eigenvalue weighted by Crippen LogP contribution is 2.60. The van der Waals surface area contributed by atoms with Gasteiger partial charge in [0.05, 0.1) is 17.5 Å². The lowest BCUT2D eigenvalue weighted by molar-refractivity contribution is -0.160. The highest BCUT2D eigenvalue weighted by atomic mass is 79.9. The molecule has 1 aromatic carbocycles. The van der Waals surface area contributed by atoms with Gasteiger partial charge in [-0.25, -0.2) is 4.90 Å². The van der Waals surface area contributed by atoms with Crippen LogP contribution in [0.3, 0.4) is 0 Å². The van der Waals surface area contributed by atoms with E-state index in [1.807, 2.05) is 12.1 Å². The van der Waals surface area contributed by atoms with Crippen LogP contribution in [0.2, 0.25) is 0 Å². The number of rotatable bonds is 5. The van der Waals surface area contributed by atoms with Crippen molar-refractivity contribution in [3.8, 4) is 0 Å². The van der Waals surface area contributed by atoms with E-state index in [0.717, 1.165) is 23.7 Å². The van der Waals surface area contributed by atoms with Gasteiger partial charge in [0.25, 0.3) is 5.91 Å². The standard InChI is InChI=1S/C24H27BrN2O3/c1-2-7-26(23(30)24-12-15-8-16(13-24)10-17(9-15)14-24)20-11-21(28)27(22(20)29)19-5-3-18(25)4-6-19/h2-6,15-17,20H,1,7-14H2. The van der Waals surface area contributed by atoms with Crippen molar-refractivity contribution in [3.63, 3.8) is 0 Å². The molecule has 5 nitrogen and oxygen atoms in total. The van der Waals surface area contributed by atoms with Crippen molar-refractivity contribution in [1.82, 2.24) is 4.90 Å². The first-order valence-electron chi connectivity index (χ1n) is 10.9. The second kappa shape index (κ2) is 7.33. The fourth-order valence-electron chi connectivity index (χ4n) is 6.89. The van der Waals surface area contributed by atoms with Crippen LogP contribution in [0.1, 0.15) is 44.9 Å². The summed E-state index contributed by atoms with van der Waals surface area (Å²) < 4.78 is 0.882. The molecule has 6 heteroatoms. The van der Waals surface area contributed by atoms with Gasteiger partial charge in [0, 0.05) is 11.0 Å². The molecule has 30 heavy (non-hydrogen) atoms. The lowest BCUT2D eigenvalue weighted by Crippen LogP contribution is -2.57. The maximum Gasteiger partial charge on any atom is 0.257 e. The Morgan fingerprint density at radius 3 is 2.20 bits per heavy atom. The monoisotopic (exact) mass is 470 g/mol. The molecule has 4 bridgehead atoms. The lowest BCUT2D eigenvalue weighted by atomic mass is 9.49. The molecule has 1 saturated heterocycles. The van der Waals surface area contributed by atoms with E-state index in [2.05, 4.69) is 22.5 Å². The van der Waals surface area contributed by atoms with E-state index in [4.69, 9.17) is 0 Å². The number of imide groups is 1. The number of anilines is 1. The molecule has 1 heterocycles. The summed E-state index contributed by atoms with van der Waals surface area (Å²) in [6.07, 6.45) is 8.31. The van der Waals surface area contributed by atoms with Gasteiger partial charge in [0.1, 0.15) is 6.04 Å². The Bertz CT molecular complexity index is 874. The molecule has 0 N–H and O–H groups in total. The van der Waals surface area contributed by atoms with Crippen molar-refractivity contribution in [2.24, 2.45) is 23.2 Å². The van der Waals surface area contributed by atoms with E-state index >= 15 is 0 Å². The first-order valence-corrected chi connectivity index (χ1v) is 11.7. The first kappa shape index (κ1) is 20.0. The SMILES string of the molecule is C=CCN(C(=O)C12CC3CC(CC(C3)C1)C2)C1CC(=O)N(c2ccc(Br)cc2)C1=O. The number of nitrogens with zero attached hydrogens (tertiary/aromatic N) is 2. The third-order valence-electron chi connectivity index (χ3n) is 7.66. The zero-order valence-electron chi connectivity index (χ0n) is 17.1. The minimum absolute atomic E-state index is 0.0425. The summed E-state index contributed by atoms with van der Waals surface area (Å²) in [7, 11) is 0. The minimum atomic E-state index is -0.736. The fourth-order valence-corrected chi connectivity index (χ4v) is 7.15. The summed E-state index contributed by atoms with van der Waals surface area (Å²) in [6, 6.07) is 6.39. The van der Waals surface area contributed by atoms with Crippen molar-refractivity contribution in [1.29, 1.82) is 0 Å². The fraction of sp³-hybridized carbons (Fsp3) is 0.542. The highest BCUT2D eigenvalue weighted by Gasteiger charge is 2.57. The molecule has 1 atom stereocenters. The van der Waals surface area contributed by atoms with E-state index in [0.29, 0.717) is 30.0 Å². The Morgan fingerprint density at radius 2 is 1.67 bits per heavy atom. The summed E-state index contributed by atoms with van der Waals surface area (Å²) in [5.41, 5.74) is 0.211. The van der Waals surface area contributed by atoms with Gasteiger partial charge in [-0.15, -0.1) is 6.58 Å². The van der Waals surface area contributed by atoms with E-state index in [9.17, 15) is 14.4 Å². The quantitative estimate of drug-likeness (QED) is 0.475. The van der Waals surface area contributed by atoms with Crippen LogP contribution in [0.25, 0.3) is 0 Å². The van der Waals surface area contributed by atoms with Crippen LogP contribution in [0.15, 0.2) is 41.4 Å². The third kappa shape index (κ3) is 3.15. The predicted molar refractivity (Wildman–Crippen MR) is 118 cm³/mol. The molecule has 1 aromatic rings. The molecule has 1 unspecified atom stereocenters. The molecule has 1 aliphatic heterocycles. The Morgan fingerprint density at radius 1 is 1.10 bits per heavy atom. The van der Waals surface area contributed by atoms with E-state index in [-0.39, 0.29) is 29.6 Å².